The summed E-state index contributed by atoms with van der Waals surface area (Å²) in [6.07, 6.45) is 2.05. The van der Waals surface area contributed by atoms with Gasteiger partial charge in [0.25, 0.3) is 5.69 Å². The number of nitro groups is 1. The maximum Gasteiger partial charge on any atom is 0.270 e. The third kappa shape index (κ3) is 6.09. The van der Waals surface area contributed by atoms with E-state index in [1.54, 1.807) is 24.3 Å². The van der Waals surface area contributed by atoms with Crippen LogP contribution in [0, 0.1) is 10.1 Å². The first kappa shape index (κ1) is 30.9. The van der Waals surface area contributed by atoms with Gasteiger partial charge < -0.3 is 4.90 Å². The minimum absolute atomic E-state index is 0.117. The first-order valence-electron chi connectivity index (χ1n) is 13.5. The molecule has 1 fully saturated rings. The van der Waals surface area contributed by atoms with Gasteiger partial charge in [-0.05, 0) is 80.2 Å². The molecule has 0 N–H and O–H groups in total. The highest BCUT2D eigenvalue weighted by Gasteiger charge is 2.48. The van der Waals surface area contributed by atoms with Crippen molar-refractivity contribution < 1.29 is 21.8 Å². The van der Waals surface area contributed by atoms with E-state index in [1.807, 2.05) is 18.2 Å². The number of hydrogen-bond donors (Lipinski definition) is 0. The predicted octanol–water partition coefficient (Wildman–Crippen LogP) is 5.52. The number of likely N-dealkylation sites (N-methyl/N-ethyl adjacent to an activating group) is 1. The molecule has 0 aromatic heterocycles. The van der Waals surface area contributed by atoms with Gasteiger partial charge in [0.2, 0.25) is 10.0 Å². The van der Waals surface area contributed by atoms with E-state index in [0.717, 1.165) is 43.1 Å². The average molecular weight is 653 g/mol. The zero-order valence-corrected chi connectivity index (χ0v) is 26.1. The zero-order valence-electron chi connectivity index (χ0n) is 22.9. The number of likely N-dealkylation sites (tertiary alicyclic amines) is 1. The molecule has 0 unspecified atom stereocenters. The lowest BCUT2D eigenvalue weighted by Gasteiger charge is -2.39. The Balaban J connectivity index is 1.31. The summed E-state index contributed by atoms with van der Waals surface area (Å²) in [6, 6.07) is 17.6. The summed E-state index contributed by atoms with van der Waals surface area (Å²) < 4.78 is 53.7. The van der Waals surface area contributed by atoms with Crippen molar-refractivity contribution in [1.82, 2.24) is 9.21 Å². The van der Waals surface area contributed by atoms with Crippen LogP contribution in [0.2, 0.25) is 10.0 Å². The largest absolute Gasteiger partial charge is 0.303 e. The molecule has 2 heterocycles. The van der Waals surface area contributed by atoms with E-state index in [2.05, 4.69) is 4.90 Å². The molecule has 9 nitrogen and oxygen atoms in total. The minimum atomic E-state index is -4.01. The molecule has 3 aromatic carbocycles. The number of benzene rings is 3. The fraction of sp³-hybridized carbons (Fsp3) is 0.379. The van der Waals surface area contributed by atoms with Gasteiger partial charge in [-0.25, -0.2) is 21.1 Å². The van der Waals surface area contributed by atoms with Gasteiger partial charge in [-0.3, -0.25) is 10.1 Å². The van der Waals surface area contributed by atoms with E-state index in [1.165, 1.54) is 29.6 Å². The Morgan fingerprint density at radius 2 is 1.74 bits per heavy atom. The standard InChI is InChI=1S/C29H31Cl2N3O6S2/c1-32(42(39,40)24-6-4-5-23(18-24)34(35)36)19-22(21-9-10-26(30)27(31)17-21)11-14-33-15-12-29(13-16-33)20-41(37,38)28-8-3-2-7-25(28)29/h2-10,17-18,22H,11-16,19-20H2,1H3/t22-/m1/s1. The van der Waals surface area contributed by atoms with Crippen LogP contribution < -0.4 is 0 Å². The molecule has 0 aliphatic carbocycles. The molecule has 0 amide bonds. The van der Waals surface area contributed by atoms with E-state index >= 15 is 0 Å². The first-order chi connectivity index (χ1) is 19.8. The zero-order chi connectivity index (χ0) is 30.3. The molecule has 2 aliphatic rings. The quantitative estimate of drug-likeness (QED) is 0.221. The van der Waals surface area contributed by atoms with Crippen LogP contribution in [-0.4, -0.2) is 69.9 Å². The van der Waals surface area contributed by atoms with Crippen LogP contribution in [0.25, 0.3) is 0 Å². The van der Waals surface area contributed by atoms with Crippen molar-refractivity contribution in [2.24, 2.45) is 0 Å². The molecule has 1 atom stereocenters. The number of rotatable bonds is 9. The smallest absolute Gasteiger partial charge is 0.270 e. The van der Waals surface area contributed by atoms with E-state index < -0.39 is 24.8 Å². The monoisotopic (exact) mass is 651 g/mol. The molecule has 1 spiro atoms. The second-order valence-electron chi connectivity index (χ2n) is 11.1. The van der Waals surface area contributed by atoms with Crippen molar-refractivity contribution in [2.45, 2.75) is 40.4 Å². The van der Waals surface area contributed by atoms with Crippen LogP contribution in [-0.2, 0) is 25.3 Å². The summed E-state index contributed by atoms with van der Waals surface area (Å²) in [7, 11) is -5.86. The average Bonchev–Trinajstić information content (AvgIpc) is 3.19. The molecular weight excluding hydrogens is 621 g/mol. The Morgan fingerprint density at radius 3 is 2.43 bits per heavy atom. The van der Waals surface area contributed by atoms with Gasteiger partial charge in [0, 0.05) is 31.1 Å². The van der Waals surface area contributed by atoms with E-state index in [0.29, 0.717) is 27.9 Å². The Hall–Kier alpha value is -2.54. The van der Waals surface area contributed by atoms with Gasteiger partial charge in [-0.2, -0.15) is 0 Å². The van der Waals surface area contributed by atoms with Crippen molar-refractivity contribution in [3.63, 3.8) is 0 Å². The minimum Gasteiger partial charge on any atom is -0.303 e. The second kappa shape index (κ2) is 11.9. The number of non-ortho nitro benzene ring substituents is 1. The highest BCUT2D eigenvalue weighted by atomic mass is 35.5. The van der Waals surface area contributed by atoms with Crippen LogP contribution >= 0.6 is 23.2 Å². The van der Waals surface area contributed by atoms with Gasteiger partial charge in [0.05, 0.1) is 30.5 Å². The number of nitro benzene ring substituents is 1. The molecule has 224 valence electrons. The van der Waals surface area contributed by atoms with Crippen molar-refractivity contribution in [3.8, 4) is 0 Å². The lowest BCUT2D eigenvalue weighted by Crippen LogP contribution is -2.44. The SMILES string of the molecule is CN(C[C@@H](CCN1CCC2(CC1)CS(=O)(=O)c1ccccc12)c1ccc(Cl)c(Cl)c1)S(=O)(=O)c1cccc([N+](=O)[O-])c1. The van der Waals surface area contributed by atoms with Crippen molar-refractivity contribution in [1.29, 1.82) is 0 Å². The number of hydrogen-bond acceptors (Lipinski definition) is 7. The number of sulfonamides is 1. The van der Waals surface area contributed by atoms with Crippen LogP contribution in [0.3, 0.4) is 0 Å². The molecule has 42 heavy (non-hydrogen) atoms. The molecule has 0 bridgehead atoms. The predicted molar refractivity (Wildman–Crippen MR) is 163 cm³/mol. The maximum atomic E-state index is 13.4. The van der Waals surface area contributed by atoms with Crippen molar-refractivity contribution in [2.75, 3.05) is 39.0 Å². The van der Waals surface area contributed by atoms with Gasteiger partial charge in [0.15, 0.2) is 9.84 Å². The number of piperidine rings is 1. The van der Waals surface area contributed by atoms with E-state index in [9.17, 15) is 26.9 Å². The molecule has 0 radical (unpaired) electrons. The topological polar surface area (TPSA) is 118 Å². The van der Waals surface area contributed by atoms with Gasteiger partial charge >= 0.3 is 0 Å². The van der Waals surface area contributed by atoms with Gasteiger partial charge in [-0.15, -0.1) is 0 Å². The Kier molecular flexibility index (Phi) is 8.73. The van der Waals surface area contributed by atoms with Gasteiger partial charge in [0.1, 0.15) is 0 Å². The third-order valence-electron chi connectivity index (χ3n) is 8.50. The lowest BCUT2D eigenvalue weighted by molar-refractivity contribution is -0.385. The normalized spacial score (nSPS) is 18.7. The number of fused-ring (bicyclic) bond motifs is 2. The summed E-state index contributed by atoms with van der Waals surface area (Å²) in [5, 5.41) is 12.0. The van der Waals surface area contributed by atoms with E-state index in [4.69, 9.17) is 23.2 Å². The molecule has 0 saturated carbocycles. The molecule has 13 heteroatoms. The highest BCUT2D eigenvalue weighted by molar-refractivity contribution is 7.91. The second-order valence-corrected chi connectivity index (χ2v) is 15.9. The first-order valence-corrected chi connectivity index (χ1v) is 17.4. The highest BCUT2D eigenvalue weighted by Crippen LogP contribution is 2.46. The number of sulfone groups is 1. The Morgan fingerprint density at radius 1 is 1.02 bits per heavy atom. The third-order valence-corrected chi connectivity index (χ3v) is 13.0. The number of nitrogens with zero attached hydrogens (tertiary/aromatic N) is 3. The van der Waals surface area contributed by atoms with Crippen LogP contribution in [0.15, 0.2) is 76.5 Å². The van der Waals surface area contributed by atoms with Crippen LogP contribution in [0.4, 0.5) is 5.69 Å². The molecular formula is C29H31Cl2N3O6S2. The number of halogens is 2. The van der Waals surface area contributed by atoms with E-state index in [-0.39, 0.29) is 34.2 Å². The molecule has 3 aromatic rings. The summed E-state index contributed by atoms with van der Waals surface area (Å²) in [6.45, 7) is 2.23. The summed E-state index contributed by atoms with van der Waals surface area (Å²) in [4.78, 5) is 13.2. The molecule has 5 rings (SSSR count). The summed E-state index contributed by atoms with van der Waals surface area (Å²) in [5.74, 6) is -0.110. The fourth-order valence-electron chi connectivity index (χ4n) is 6.13. The maximum absolute atomic E-state index is 13.4. The Bertz CT molecular complexity index is 1720. The van der Waals surface area contributed by atoms with Crippen LogP contribution in [0.1, 0.15) is 36.3 Å². The summed E-state index contributed by atoms with van der Waals surface area (Å²) in [5.41, 5.74) is 1.08. The Labute approximate surface area is 256 Å². The van der Waals surface area contributed by atoms with Crippen molar-refractivity contribution in [3.05, 3.63) is 98.0 Å². The lowest BCUT2D eigenvalue weighted by atomic mass is 9.74. The van der Waals surface area contributed by atoms with Crippen LogP contribution in [0.5, 0.6) is 0 Å². The summed E-state index contributed by atoms with van der Waals surface area (Å²) >= 11 is 12.5. The molecule has 2 aliphatic heterocycles. The van der Waals surface area contributed by atoms with Gasteiger partial charge in [-0.1, -0.05) is 53.5 Å². The fourth-order valence-corrected chi connectivity index (χ4v) is 9.92. The van der Waals surface area contributed by atoms with Crippen molar-refractivity contribution >= 4 is 48.7 Å². The molecule has 1 saturated heterocycles.